The van der Waals surface area contributed by atoms with Crippen LogP contribution in [0.5, 0.6) is 0 Å². The number of amides is 1. The number of nitrogens with zero attached hydrogens (tertiary/aromatic N) is 2. The van der Waals surface area contributed by atoms with E-state index in [2.05, 4.69) is 4.98 Å². The minimum absolute atomic E-state index is 0.209. The number of fused-ring (bicyclic) bond motifs is 1. The van der Waals surface area contributed by atoms with Crippen molar-refractivity contribution in [3.8, 4) is 0 Å². The van der Waals surface area contributed by atoms with Crippen molar-refractivity contribution in [2.45, 2.75) is 39.6 Å². The standard InChI is InChI=1S/C18H18ClFN2O2S2/c1-18(2,3)24-17(23)22(9-12-5-4-6-25-12)13-7-14(19)21-15-11(8-20)10-26-16(13)15/h4-7,10H,8-9H2,1-3H3. The van der Waals surface area contributed by atoms with Crippen molar-refractivity contribution in [2.75, 3.05) is 4.90 Å². The van der Waals surface area contributed by atoms with E-state index in [1.165, 1.54) is 16.2 Å². The molecule has 0 saturated heterocycles. The average Bonchev–Trinajstić information content (AvgIpc) is 3.19. The van der Waals surface area contributed by atoms with Crippen LogP contribution < -0.4 is 4.90 Å². The van der Waals surface area contributed by atoms with Gasteiger partial charge in [-0.3, -0.25) is 4.90 Å². The van der Waals surface area contributed by atoms with Crippen LogP contribution in [0.4, 0.5) is 14.9 Å². The second-order valence-electron chi connectivity index (χ2n) is 6.68. The lowest BCUT2D eigenvalue weighted by atomic mass is 10.2. The minimum atomic E-state index is -0.639. The van der Waals surface area contributed by atoms with Crippen molar-refractivity contribution in [3.05, 3.63) is 44.6 Å². The van der Waals surface area contributed by atoms with Crippen LogP contribution >= 0.6 is 34.3 Å². The Kier molecular flexibility index (Phi) is 5.50. The average molecular weight is 413 g/mol. The van der Waals surface area contributed by atoms with E-state index < -0.39 is 18.4 Å². The summed E-state index contributed by atoms with van der Waals surface area (Å²) in [7, 11) is 0. The molecule has 0 aliphatic heterocycles. The van der Waals surface area contributed by atoms with Crippen LogP contribution in [0.2, 0.25) is 5.15 Å². The molecule has 4 nitrogen and oxygen atoms in total. The lowest BCUT2D eigenvalue weighted by Crippen LogP contribution is -2.36. The molecule has 0 atom stereocenters. The van der Waals surface area contributed by atoms with E-state index in [1.54, 1.807) is 22.8 Å². The zero-order valence-electron chi connectivity index (χ0n) is 14.6. The lowest BCUT2D eigenvalue weighted by Gasteiger charge is -2.27. The minimum Gasteiger partial charge on any atom is -0.443 e. The Labute approximate surface area is 164 Å². The highest BCUT2D eigenvalue weighted by Gasteiger charge is 2.27. The second-order valence-corrected chi connectivity index (χ2v) is 8.98. The summed E-state index contributed by atoms with van der Waals surface area (Å²) in [5.74, 6) is 0. The molecule has 3 aromatic rings. The number of halogens is 2. The molecule has 0 aliphatic carbocycles. The van der Waals surface area contributed by atoms with E-state index in [1.807, 2.05) is 38.3 Å². The van der Waals surface area contributed by atoms with Crippen LogP contribution in [-0.4, -0.2) is 16.7 Å². The topological polar surface area (TPSA) is 42.4 Å². The van der Waals surface area contributed by atoms with Gasteiger partial charge in [0.05, 0.1) is 22.4 Å². The van der Waals surface area contributed by atoms with Gasteiger partial charge in [0.25, 0.3) is 0 Å². The van der Waals surface area contributed by atoms with Gasteiger partial charge in [-0.15, -0.1) is 22.7 Å². The number of anilines is 1. The summed E-state index contributed by atoms with van der Waals surface area (Å²) < 4.78 is 19.6. The predicted molar refractivity (Wildman–Crippen MR) is 106 cm³/mol. The molecule has 1 amide bonds. The van der Waals surface area contributed by atoms with E-state index >= 15 is 0 Å². The fraction of sp³-hybridized carbons (Fsp3) is 0.333. The first-order valence-corrected chi connectivity index (χ1v) is 10.1. The summed E-state index contributed by atoms with van der Waals surface area (Å²) in [4.78, 5) is 19.7. The zero-order valence-corrected chi connectivity index (χ0v) is 17.0. The SMILES string of the molecule is CC(C)(C)OC(=O)N(Cc1cccs1)c1cc(Cl)nc2c(CF)csc12. The Balaban J connectivity index is 2.10. The first kappa shape index (κ1) is 19.1. The Hall–Kier alpha value is -1.70. The molecule has 0 saturated carbocycles. The number of hydrogen-bond donors (Lipinski definition) is 0. The van der Waals surface area contributed by atoms with Gasteiger partial charge in [-0.2, -0.15) is 0 Å². The van der Waals surface area contributed by atoms with Crippen molar-refractivity contribution >= 4 is 56.3 Å². The molecule has 0 bridgehead atoms. The number of carbonyl (C=O) groups is 1. The largest absolute Gasteiger partial charge is 0.443 e. The van der Waals surface area contributed by atoms with Crippen LogP contribution in [0.1, 0.15) is 31.2 Å². The van der Waals surface area contributed by atoms with Gasteiger partial charge >= 0.3 is 6.09 Å². The maximum Gasteiger partial charge on any atom is 0.415 e. The summed E-state index contributed by atoms with van der Waals surface area (Å²) in [6.07, 6.45) is -0.482. The fourth-order valence-electron chi connectivity index (χ4n) is 2.43. The molecule has 0 aromatic carbocycles. The van der Waals surface area contributed by atoms with Crippen LogP contribution in [0.3, 0.4) is 0 Å². The number of thiophene rings is 2. The number of aromatic nitrogens is 1. The van der Waals surface area contributed by atoms with Crippen molar-refractivity contribution in [1.82, 2.24) is 4.98 Å². The summed E-state index contributed by atoms with van der Waals surface area (Å²) in [5, 5.41) is 3.86. The van der Waals surface area contributed by atoms with E-state index in [-0.39, 0.29) is 5.15 Å². The lowest BCUT2D eigenvalue weighted by molar-refractivity contribution is 0.0578. The Morgan fingerprint density at radius 3 is 2.77 bits per heavy atom. The third kappa shape index (κ3) is 4.16. The van der Waals surface area contributed by atoms with Gasteiger partial charge in [0.1, 0.15) is 17.4 Å². The maximum absolute atomic E-state index is 13.3. The van der Waals surface area contributed by atoms with Crippen LogP contribution in [0.15, 0.2) is 29.0 Å². The van der Waals surface area contributed by atoms with Crippen molar-refractivity contribution in [1.29, 1.82) is 0 Å². The molecule has 0 unspecified atom stereocenters. The third-order valence-electron chi connectivity index (χ3n) is 3.49. The van der Waals surface area contributed by atoms with Crippen molar-refractivity contribution in [3.63, 3.8) is 0 Å². The molecule has 3 rings (SSSR count). The van der Waals surface area contributed by atoms with Gasteiger partial charge in [0, 0.05) is 16.5 Å². The highest BCUT2D eigenvalue weighted by atomic mass is 35.5. The number of hydrogen-bond acceptors (Lipinski definition) is 5. The number of alkyl halides is 1. The maximum atomic E-state index is 13.3. The van der Waals surface area contributed by atoms with Crippen molar-refractivity contribution < 1.29 is 13.9 Å². The molecule has 3 aromatic heterocycles. The van der Waals surface area contributed by atoms with E-state index in [0.29, 0.717) is 28.0 Å². The van der Waals surface area contributed by atoms with Gasteiger partial charge in [0.2, 0.25) is 0 Å². The van der Waals surface area contributed by atoms with Crippen LogP contribution in [0, 0.1) is 0 Å². The van der Waals surface area contributed by atoms with E-state index in [9.17, 15) is 9.18 Å². The normalized spacial score (nSPS) is 11.7. The molecule has 0 aliphatic rings. The molecule has 0 fully saturated rings. The van der Waals surface area contributed by atoms with Gasteiger partial charge < -0.3 is 4.74 Å². The molecular formula is C18H18ClFN2O2S2. The number of pyridine rings is 1. The molecule has 8 heteroatoms. The van der Waals surface area contributed by atoms with E-state index in [0.717, 1.165) is 4.88 Å². The summed E-state index contributed by atoms with van der Waals surface area (Å²) in [6.45, 7) is 5.15. The number of rotatable bonds is 4. The Bertz CT molecular complexity index is 919. The van der Waals surface area contributed by atoms with Gasteiger partial charge in [0.15, 0.2) is 0 Å². The summed E-state index contributed by atoms with van der Waals surface area (Å²) >= 11 is 9.06. The molecule has 3 heterocycles. The van der Waals surface area contributed by atoms with E-state index in [4.69, 9.17) is 16.3 Å². The van der Waals surface area contributed by atoms with Gasteiger partial charge in [-0.25, -0.2) is 14.2 Å². The van der Waals surface area contributed by atoms with Gasteiger partial charge in [-0.05, 0) is 37.6 Å². The molecule has 0 N–H and O–H groups in total. The Morgan fingerprint density at radius 2 is 2.15 bits per heavy atom. The van der Waals surface area contributed by atoms with Gasteiger partial charge in [-0.1, -0.05) is 17.7 Å². The number of carbonyl (C=O) groups excluding carboxylic acids is 1. The highest BCUT2D eigenvalue weighted by molar-refractivity contribution is 7.18. The number of ether oxygens (including phenoxy) is 1. The third-order valence-corrected chi connectivity index (χ3v) is 5.58. The summed E-state index contributed by atoms with van der Waals surface area (Å²) in [6, 6.07) is 5.50. The van der Waals surface area contributed by atoms with Crippen LogP contribution in [0.25, 0.3) is 10.2 Å². The Morgan fingerprint density at radius 1 is 1.38 bits per heavy atom. The molecular weight excluding hydrogens is 395 g/mol. The predicted octanol–water partition coefficient (Wildman–Crippen LogP) is 6.42. The quantitative estimate of drug-likeness (QED) is 0.464. The monoisotopic (exact) mass is 412 g/mol. The van der Waals surface area contributed by atoms with Crippen LogP contribution in [-0.2, 0) is 18.0 Å². The van der Waals surface area contributed by atoms with Crippen molar-refractivity contribution in [2.24, 2.45) is 0 Å². The first-order valence-electron chi connectivity index (χ1n) is 7.94. The highest BCUT2D eigenvalue weighted by Crippen LogP contribution is 2.37. The molecule has 0 radical (unpaired) electrons. The second kappa shape index (κ2) is 7.50. The molecule has 138 valence electrons. The first-order chi connectivity index (χ1) is 12.3. The molecule has 0 spiro atoms. The zero-order chi connectivity index (χ0) is 18.9. The molecule has 26 heavy (non-hydrogen) atoms. The summed E-state index contributed by atoms with van der Waals surface area (Å²) in [5.41, 5.74) is 0.890. The smallest absolute Gasteiger partial charge is 0.415 e. The fourth-order valence-corrected chi connectivity index (χ4v) is 4.32.